The molecular weight excluding hydrogens is 551 g/mol. The number of nitrogens with zero attached hydrogens (tertiary/aromatic N) is 4. The van der Waals surface area contributed by atoms with Crippen LogP contribution in [0.25, 0.3) is 22.0 Å². The van der Waals surface area contributed by atoms with E-state index in [1.807, 2.05) is 39.8 Å². The Morgan fingerprint density at radius 2 is 1.88 bits per heavy atom. The average Bonchev–Trinajstić information content (AvgIpc) is 2.95. The Morgan fingerprint density at radius 3 is 2.65 bits per heavy atom. The van der Waals surface area contributed by atoms with E-state index < -0.39 is 11.9 Å². The van der Waals surface area contributed by atoms with Crippen molar-refractivity contribution in [2.45, 2.75) is 53.0 Å². The standard InChI is InChI=1S/C32H35FN6O4/c1-19-9-10-21-22(11-12-24(33)27(21)38-26(40)17-32(2,3)4)28(19)43-29-23(8-5-14-34-29)25-13-15-35-30(37-25)36-20-7-6-16-39(18-20)31(41)42/h5,8-15,20H,6-7,16-18H2,1-4H3,(H,38,40)(H,41,42)(H,35,36,37). The third-order valence-corrected chi connectivity index (χ3v) is 7.18. The SMILES string of the molecule is Cc1ccc2c(NC(=O)CC(C)(C)C)c(F)ccc2c1Oc1ncccc1-c1ccnc(NC2CCCN(C(=O)O)C2)n1. The second-order valence-electron chi connectivity index (χ2n) is 12.0. The molecule has 4 aromatic rings. The Bertz CT molecular complexity index is 1670. The number of anilines is 2. The second-order valence-corrected chi connectivity index (χ2v) is 12.0. The van der Waals surface area contributed by atoms with E-state index in [1.54, 1.807) is 36.7 Å². The molecule has 2 aromatic carbocycles. The van der Waals surface area contributed by atoms with Crippen molar-refractivity contribution in [2.75, 3.05) is 23.7 Å². The number of rotatable bonds is 7. The predicted octanol–water partition coefficient (Wildman–Crippen LogP) is 6.86. The van der Waals surface area contributed by atoms with Crippen molar-refractivity contribution in [1.82, 2.24) is 19.9 Å². The summed E-state index contributed by atoms with van der Waals surface area (Å²) in [5.74, 6) is 0.337. The molecule has 2 amide bonds. The van der Waals surface area contributed by atoms with Gasteiger partial charge >= 0.3 is 6.09 Å². The number of hydrogen-bond donors (Lipinski definition) is 3. The maximum atomic E-state index is 15.0. The fraction of sp³-hybridized carbons (Fsp3) is 0.344. The molecule has 0 bridgehead atoms. The van der Waals surface area contributed by atoms with E-state index >= 15 is 4.39 Å². The van der Waals surface area contributed by atoms with Gasteiger partial charge in [-0.2, -0.15) is 0 Å². The highest BCUT2D eigenvalue weighted by Gasteiger charge is 2.24. The van der Waals surface area contributed by atoms with Gasteiger partial charge in [0.1, 0.15) is 11.6 Å². The lowest BCUT2D eigenvalue weighted by Crippen LogP contribution is -2.44. The van der Waals surface area contributed by atoms with Crippen molar-refractivity contribution in [3.8, 4) is 22.9 Å². The highest BCUT2D eigenvalue weighted by molar-refractivity contribution is 6.05. The largest absolute Gasteiger partial charge is 0.465 e. The third-order valence-electron chi connectivity index (χ3n) is 7.18. The number of amides is 2. The van der Waals surface area contributed by atoms with Crippen LogP contribution in [0.4, 0.5) is 20.8 Å². The normalized spacial score (nSPS) is 15.3. The lowest BCUT2D eigenvalue weighted by Gasteiger charge is -2.31. The molecule has 10 nitrogen and oxygen atoms in total. The summed E-state index contributed by atoms with van der Waals surface area (Å²) in [6, 6.07) is 11.8. The number of pyridine rings is 1. The first-order valence-corrected chi connectivity index (χ1v) is 14.2. The van der Waals surface area contributed by atoms with Gasteiger partial charge in [0.05, 0.1) is 16.9 Å². The molecule has 1 aliphatic heterocycles. The van der Waals surface area contributed by atoms with Crippen molar-refractivity contribution in [3.63, 3.8) is 0 Å². The van der Waals surface area contributed by atoms with Crippen LogP contribution < -0.4 is 15.4 Å². The van der Waals surface area contributed by atoms with Gasteiger partial charge in [-0.15, -0.1) is 0 Å². The Kier molecular flexibility index (Phi) is 8.43. The zero-order valence-electron chi connectivity index (χ0n) is 24.6. The molecule has 2 aromatic heterocycles. The predicted molar refractivity (Wildman–Crippen MR) is 163 cm³/mol. The molecule has 3 N–H and O–H groups in total. The molecule has 3 heterocycles. The fourth-order valence-electron chi connectivity index (χ4n) is 5.18. The van der Waals surface area contributed by atoms with Crippen LogP contribution in [0, 0.1) is 18.2 Å². The maximum absolute atomic E-state index is 15.0. The molecular formula is C32H35FN6O4. The molecule has 1 aliphatic rings. The molecule has 1 unspecified atom stereocenters. The van der Waals surface area contributed by atoms with Crippen LogP contribution >= 0.6 is 0 Å². The van der Waals surface area contributed by atoms with E-state index in [1.165, 1.54) is 11.0 Å². The smallest absolute Gasteiger partial charge is 0.407 e. The average molecular weight is 587 g/mol. The van der Waals surface area contributed by atoms with E-state index in [-0.39, 0.29) is 29.5 Å². The van der Waals surface area contributed by atoms with Gasteiger partial charge in [0.2, 0.25) is 17.7 Å². The molecule has 1 saturated heterocycles. The van der Waals surface area contributed by atoms with E-state index in [9.17, 15) is 14.7 Å². The van der Waals surface area contributed by atoms with Gasteiger partial charge in [-0.3, -0.25) is 4.79 Å². The highest BCUT2D eigenvalue weighted by atomic mass is 19.1. The first-order chi connectivity index (χ1) is 20.5. The second kappa shape index (κ2) is 12.2. The molecule has 1 atom stereocenters. The number of carbonyl (C=O) groups is 2. The summed E-state index contributed by atoms with van der Waals surface area (Å²) in [6.45, 7) is 8.59. The number of aryl methyl sites for hydroxylation is 1. The van der Waals surface area contributed by atoms with Gasteiger partial charge in [0.25, 0.3) is 0 Å². The molecule has 0 aliphatic carbocycles. The molecule has 1 fully saturated rings. The van der Waals surface area contributed by atoms with Crippen LogP contribution in [0.1, 0.15) is 45.6 Å². The fourth-order valence-corrected chi connectivity index (χ4v) is 5.18. The number of nitrogens with one attached hydrogen (secondary N) is 2. The highest BCUT2D eigenvalue weighted by Crippen LogP contribution is 2.39. The minimum Gasteiger partial charge on any atom is -0.465 e. The lowest BCUT2D eigenvalue weighted by molar-refractivity contribution is -0.117. The Balaban J connectivity index is 1.45. The van der Waals surface area contributed by atoms with Gasteiger partial charge in [-0.05, 0) is 61.1 Å². The van der Waals surface area contributed by atoms with Crippen LogP contribution in [0.5, 0.6) is 11.6 Å². The Hall–Kier alpha value is -4.80. The van der Waals surface area contributed by atoms with Crippen molar-refractivity contribution in [3.05, 3.63) is 66.2 Å². The van der Waals surface area contributed by atoms with Gasteiger partial charge in [-0.25, -0.2) is 24.1 Å². The zero-order valence-corrected chi connectivity index (χ0v) is 24.6. The van der Waals surface area contributed by atoms with E-state index in [0.717, 1.165) is 18.4 Å². The third kappa shape index (κ3) is 6.99. The monoisotopic (exact) mass is 586 g/mol. The molecule has 11 heteroatoms. The van der Waals surface area contributed by atoms with Crippen LogP contribution in [-0.2, 0) is 4.79 Å². The number of aromatic nitrogens is 3. The summed E-state index contributed by atoms with van der Waals surface area (Å²) in [6.07, 6.45) is 4.09. The first kappa shape index (κ1) is 29.7. The number of carboxylic acid groups (broad SMARTS) is 1. The lowest BCUT2D eigenvalue weighted by atomic mass is 9.92. The summed E-state index contributed by atoms with van der Waals surface area (Å²) in [5.41, 5.74) is 1.82. The number of ether oxygens (including phenoxy) is 1. The van der Waals surface area contributed by atoms with Crippen LogP contribution in [0.3, 0.4) is 0 Å². The minimum absolute atomic E-state index is 0.105. The number of piperidine rings is 1. The van der Waals surface area contributed by atoms with Gasteiger partial charge in [-0.1, -0.05) is 32.9 Å². The van der Waals surface area contributed by atoms with Crippen LogP contribution in [-0.4, -0.2) is 56.1 Å². The van der Waals surface area contributed by atoms with E-state index in [2.05, 4.69) is 25.6 Å². The molecule has 0 spiro atoms. The van der Waals surface area contributed by atoms with Crippen LogP contribution in [0.15, 0.2) is 54.9 Å². The Labute approximate surface area is 249 Å². The first-order valence-electron chi connectivity index (χ1n) is 14.2. The van der Waals surface area contributed by atoms with Crippen molar-refractivity contribution >= 4 is 34.4 Å². The van der Waals surface area contributed by atoms with Gasteiger partial charge < -0.3 is 25.4 Å². The number of likely N-dealkylation sites (tertiary alicyclic amines) is 1. The molecule has 0 radical (unpaired) electrons. The molecule has 5 rings (SSSR count). The van der Waals surface area contributed by atoms with Crippen molar-refractivity contribution in [1.29, 1.82) is 0 Å². The summed E-state index contributed by atoms with van der Waals surface area (Å²) < 4.78 is 21.4. The topological polar surface area (TPSA) is 130 Å². The number of hydrogen-bond acceptors (Lipinski definition) is 7. The molecule has 43 heavy (non-hydrogen) atoms. The Morgan fingerprint density at radius 1 is 1.09 bits per heavy atom. The molecule has 0 saturated carbocycles. The summed E-state index contributed by atoms with van der Waals surface area (Å²) >= 11 is 0. The van der Waals surface area contributed by atoms with E-state index in [4.69, 9.17) is 4.74 Å². The van der Waals surface area contributed by atoms with Crippen LogP contribution in [0.2, 0.25) is 0 Å². The maximum Gasteiger partial charge on any atom is 0.407 e. The molecule has 224 valence electrons. The number of halogens is 1. The van der Waals surface area contributed by atoms with Crippen molar-refractivity contribution < 1.29 is 23.8 Å². The van der Waals surface area contributed by atoms with Crippen molar-refractivity contribution in [2.24, 2.45) is 5.41 Å². The summed E-state index contributed by atoms with van der Waals surface area (Å²) in [5, 5.41) is 16.5. The number of benzene rings is 2. The van der Waals surface area contributed by atoms with Gasteiger partial charge in [0, 0.05) is 48.7 Å². The number of fused-ring (bicyclic) bond motifs is 1. The summed E-state index contributed by atoms with van der Waals surface area (Å²) in [7, 11) is 0. The zero-order chi connectivity index (χ0) is 30.7. The quantitative estimate of drug-likeness (QED) is 0.214. The van der Waals surface area contributed by atoms with Gasteiger partial charge in [0.15, 0.2) is 0 Å². The number of carbonyl (C=O) groups excluding carboxylic acids is 1. The van der Waals surface area contributed by atoms with E-state index in [0.29, 0.717) is 52.7 Å². The summed E-state index contributed by atoms with van der Waals surface area (Å²) in [4.78, 5) is 39.0. The minimum atomic E-state index is -0.941.